The molecule has 0 aromatic heterocycles. The maximum atomic E-state index is 13.2. The summed E-state index contributed by atoms with van der Waals surface area (Å²) in [4.78, 5) is 0. The summed E-state index contributed by atoms with van der Waals surface area (Å²) in [6, 6.07) is 20.7. The van der Waals surface area contributed by atoms with Gasteiger partial charge in [0.2, 0.25) is 0 Å². The van der Waals surface area contributed by atoms with Crippen molar-refractivity contribution >= 4 is 27.5 Å². The van der Waals surface area contributed by atoms with E-state index >= 15 is 0 Å². The fourth-order valence-electron chi connectivity index (χ4n) is 2.74. The van der Waals surface area contributed by atoms with Crippen LogP contribution in [0.5, 0.6) is 5.75 Å². The van der Waals surface area contributed by atoms with E-state index in [2.05, 4.69) is 40.3 Å². The average molecular weight is 449 g/mol. The molecule has 0 saturated heterocycles. The lowest BCUT2D eigenvalue weighted by Gasteiger charge is -2.17. The van der Waals surface area contributed by atoms with Crippen LogP contribution in [0, 0.1) is 5.82 Å². The summed E-state index contributed by atoms with van der Waals surface area (Å²) in [6.07, 6.45) is 0. The van der Waals surface area contributed by atoms with E-state index in [1.165, 1.54) is 17.7 Å². The number of nitrogens with one attached hydrogen (secondary N) is 1. The third kappa shape index (κ3) is 5.55. The number of halogens is 3. The molecule has 3 rings (SSSR count). The quantitative estimate of drug-likeness (QED) is 0.436. The van der Waals surface area contributed by atoms with E-state index in [-0.39, 0.29) is 18.5 Å². The first-order valence-electron chi connectivity index (χ1n) is 8.66. The van der Waals surface area contributed by atoms with Gasteiger partial charge in [-0.3, -0.25) is 0 Å². The van der Waals surface area contributed by atoms with E-state index in [1.54, 1.807) is 6.07 Å². The normalized spacial score (nSPS) is 12.0. The summed E-state index contributed by atoms with van der Waals surface area (Å²) in [5.74, 6) is 0.415. The van der Waals surface area contributed by atoms with E-state index < -0.39 is 0 Å². The van der Waals surface area contributed by atoms with Gasteiger partial charge in [-0.15, -0.1) is 0 Å². The first kappa shape index (κ1) is 19.9. The van der Waals surface area contributed by atoms with Gasteiger partial charge in [-0.25, -0.2) is 4.39 Å². The third-order valence-electron chi connectivity index (χ3n) is 4.32. The average Bonchev–Trinajstić information content (AvgIpc) is 2.67. The smallest absolute Gasteiger partial charge is 0.124 e. The zero-order chi connectivity index (χ0) is 19.2. The number of ether oxygens (including phenoxy) is 1. The molecule has 0 bridgehead atoms. The Bertz CT molecular complexity index is 904. The summed E-state index contributed by atoms with van der Waals surface area (Å²) in [5, 5.41) is 3.89. The van der Waals surface area contributed by atoms with Crippen LogP contribution in [0.2, 0.25) is 5.02 Å². The van der Waals surface area contributed by atoms with Crippen LogP contribution in [0.1, 0.15) is 29.7 Å². The summed E-state index contributed by atoms with van der Waals surface area (Å²) in [7, 11) is 0. The molecule has 0 radical (unpaired) electrons. The molecule has 0 aliphatic heterocycles. The molecular formula is C22H20BrClFNO. The Hall–Kier alpha value is -1.88. The molecule has 0 spiro atoms. The molecule has 0 saturated carbocycles. The maximum absolute atomic E-state index is 13.2. The van der Waals surface area contributed by atoms with E-state index in [4.69, 9.17) is 16.3 Å². The topological polar surface area (TPSA) is 21.3 Å². The Morgan fingerprint density at radius 1 is 1.04 bits per heavy atom. The van der Waals surface area contributed by atoms with Crippen molar-refractivity contribution in [3.05, 3.63) is 98.7 Å². The van der Waals surface area contributed by atoms with Crippen molar-refractivity contribution in [1.82, 2.24) is 5.32 Å². The fourth-order valence-corrected chi connectivity index (χ4v) is 3.37. The van der Waals surface area contributed by atoms with Gasteiger partial charge in [-0.2, -0.15) is 0 Å². The first-order chi connectivity index (χ1) is 13.0. The minimum Gasteiger partial charge on any atom is -0.489 e. The van der Waals surface area contributed by atoms with Gasteiger partial charge in [-0.1, -0.05) is 63.9 Å². The highest BCUT2D eigenvalue weighted by Crippen LogP contribution is 2.26. The Morgan fingerprint density at radius 2 is 1.81 bits per heavy atom. The van der Waals surface area contributed by atoms with Crippen LogP contribution in [-0.4, -0.2) is 0 Å². The molecule has 0 fully saturated rings. The summed E-state index contributed by atoms with van der Waals surface area (Å²) in [6.45, 7) is 3.07. The fraction of sp³-hybridized carbons (Fsp3) is 0.182. The van der Waals surface area contributed by atoms with Crippen molar-refractivity contribution in [2.24, 2.45) is 0 Å². The second-order valence-corrected chi connectivity index (χ2v) is 7.61. The van der Waals surface area contributed by atoms with Gasteiger partial charge >= 0.3 is 0 Å². The molecule has 0 aliphatic carbocycles. The SMILES string of the molecule is C[C@H](NCc1cc(Br)ccc1OCc1ccc(F)cc1Cl)c1ccccc1. The lowest BCUT2D eigenvalue weighted by Crippen LogP contribution is -2.18. The van der Waals surface area contributed by atoms with Crippen LogP contribution in [0.4, 0.5) is 4.39 Å². The minimum absolute atomic E-state index is 0.213. The molecule has 5 heteroatoms. The largest absolute Gasteiger partial charge is 0.489 e. The van der Waals surface area contributed by atoms with Gasteiger partial charge in [-0.05, 0) is 42.8 Å². The zero-order valence-electron chi connectivity index (χ0n) is 14.9. The van der Waals surface area contributed by atoms with Gasteiger partial charge in [0.25, 0.3) is 0 Å². The standard InChI is InChI=1S/C22H20BrClFNO/c1-15(16-5-3-2-4-6-16)26-13-18-11-19(23)8-10-22(18)27-14-17-7-9-20(25)12-21(17)24/h2-12,15,26H,13-14H2,1H3/t15-/m0/s1. The molecule has 3 aromatic rings. The zero-order valence-corrected chi connectivity index (χ0v) is 17.2. The van der Waals surface area contributed by atoms with Crippen molar-refractivity contribution in [2.45, 2.75) is 26.1 Å². The Balaban J connectivity index is 1.69. The van der Waals surface area contributed by atoms with Crippen molar-refractivity contribution < 1.29 is 9.13 Å². The van der Waals surface area contributed by atoms with Crippen LogP contribution < -0.4 is 10.1 Å². The van der Waals surface area contributed by atoms with Crippen LogP contribution >= 0.6 is 27.5 Å². The highest BCUT2D eigenvalue weighted by atomic mass is 79.9. The Morgan fingerprint density at radius 3 is 2.56 bits per heavy atom. The molecule has 2 nitrogen and oxygen atoms in total. The third-order valence-corrected chi connectivity index (χ3v) is 5.16. The molecule has 27 heavy (non-hydrogen) atoms. The Kier molecular flexibility index (Phi) is 6.89. The predicted octanol–water partition coefficient (Wildman–Crippen LogP) is 6.67. The van der Waals surface area contributed by atoms with Crippen molar-refractivity contribution in [1.29, 1.82) is 0 Å². The molecule has 0 aliphatic rings. The number of hydrogen-bond donors (Lipinski definition) is 1. The van der Waals surface area contributed by atoms with Gasteiger partial charge in [0.1, 0.15) is 18.2 Å². The molecule has 1 atom stereocenters. The van der Waals surface area contributed by atoms with Gasteiger partial charge in [0, 0.05) is 28.2 Å². The molecule has 0 amide bonds. The lowest BCUT2D eigenvalue weighted by molar-refractivity contribution is 0.301. The molecule has 3 aromatic carbocycles. The monoisotopic (exact) mass is 447 g/mol. The molecule has 1 N–H and O–H groups in total. The van der Waals surface area contributed by atoms with Crippen molar-refractivity contribution in [2.75, 3.05) is 0 Å². The summed E-state index contributed by atoms with van der Waals surface area (Å²) in [5.41, 5.74) is 3.01. The van der Waals surface area contributed by atoms with E-state index in [1.807, 2.05) is 36.4 Å². The molecule has 0 unspecified atom stereocenters. The second kappa shape index (κ2) is 9.36. The van der Waals surface area contributed by atoms with E-state index in [0.717, 1.165) is 21.3 Å². The van der Waals surface area contributed by atoms with Crippen molar-refractivity contribution in [3.8, 4) is 5.75 Å². The van der Waals surface area contributed by atoms with Crippen LogP contribution in [0.25, 0.3) is 0 Å². The number of rotatable bonds is 7. The highest BCUT2D eigenvalue weighted by Gasteiger charge is 2.10. The van der Waals surface area contributed by atoms with Gasteiger partial charge in [0.05, 0.1) is 5.02 Å². The van der Waals surface area contributed by atoms with E-state index in [9.17, 15) is 4.39 Å². The lowest BCUT2D eigenvalue weighted by atomic mass is 10.1. The molecule has 0 heterocycles. The van der Waals surface area contributed by atoms with Crippen LogP contribution in [0.15, 0.2) is 71.2 Å². The summed E-state index contributed by atoms with van der Waals surface area (Å²) < 4.78 is 20.2. The van der Waals surface area contributed by atoms with E-state index in [0.29, 0.717) is 11.6 Å². The van der Waals surface area contributed by atoms with Gasteiger partial charge < -0.3 is 10.1 Å². The van der Waals surface area contributed by atoms with Crippen molar-refractivity contribution in [3.63, 3.8) is 0 Å². The first-order valence-corrected chi connectivity index (χ1v) is 9.83. The molecular weight excluding hydrogens is 429 g/mol. The van der Waals surface area contributed by atoms with Crippen LogP contribution in [0.3, 0.4) is 0 Å². The number of benzene rings is 3. The number of hydrogen-bond acceptors (Lipinski definition) is 2. The summed E-state index contributed by atoms with van der Waals surface area (Å²) >= 11 is 9.61. The second-order valence-electron chi connectivity index (χ2n) is 6.29. The molecule has 140 valence electrons. The highest BCUT2D eigenvalue weighted by molar-refractivity contribution is 9.10. The Labute approximate surface area is 172 Å². The van der Waals surface area contributed by atoms with Crippen LogP contribution in [-0.2, 0) is 13.2 Å². The van der Waals surface area contributed by atoms with Gasteiger partial charge in [0.15, 0.2) is 0 Å². The minimum atomic E-state index is -0.354. The predicted molar refractivity (Wildman–Crippen MR) is 112 cm³/mol. The maximum Gasteiger partial charge on any atom is 0.124 e.